The Bertz CT molecular complexity index is 417. The quantitative estimate of drug-likeness (QED) is 0.624. The Morgan fingerprint density at radius 1 is 1.41 bits per heavy atom. The second-order valence-corrected chi connectivity index (χ2v) is 3.66. The highest BCUT2D eigenvalue weighted by Gasteiger charge is 2.21. The average Bonchev–Trinajstić information content (AvgIpc) is 2.26. The van der Waals surface area contributed by atoms with Crippen molar-refractivity contribution in [1.29, 1.82) is 0 Å². The molecule has 0 aliphatic heterocycles. The van der Waals surface area contributed by atoms with Crippen molar-refractivity contribution in [2.45, 2.75) is 19.4 Å². The molecule has 0 fully saturated rings. The number of hydrogen-bond acceptors (Lipinski definition) is 5. The number of benzene rings is 1. The molecule has 0 saturated carbocycles. The number of nitro groups is 1. The van der Waals surface area contributed by atoms with E-state index in [-0.39, 0.29) is 17.2 Å². The Morgan fingerprint density at radius 2 is 2.06 bits per heavy atom. The summed E-state index contributed by atoms with van der Waals surface area (Å²) in [6.07, 6.45) is -0.256. The molecule has 0 bridgehead atoms. The van der Waals surface area contributed by atoms with E-state index >= 15 is 0 Å². The largest absolute Gasteiger partial charge is 0.493 e. The van der Waals surface area contributed by atoms with Crippen LogP contribution in [0.2, 0.25) is 0 Å². The van der Waals surface area contributed by atoms with Gasteiger partial charge >= 0.3 is 5.69 Å². The van der Waals surface area contributed by atoms with Crippen LogP contribution in [-0.4, -0.2) is 30.4 Å². The number of nitrogens with zero attached hydrogens (tertiary/aromatic N) is 1. The number of ether oxygens (including phenoxy) is 2. The van der Waals surface area contributed by atoms with Crippen molar-refractivity contribution >= 4 is 5.69 Å². The summed E-state index contributed by atoms with van der Waals surface area (Å²) in [6, 6.07) is 3.01. The van der Waals surface area contributed by atoms with Gasteiger partial charge in [0, 0.05) is 6.07 Å². The van der Waals surface area contributed by atoms with E-state index in [1.54, 1.807) is 13.0 Å². The number of nitro benzene ring substituents is 1. The Kier molecular flexibility index (Phi) is 4.28. The predicted molar refractivity (Wildman–Crippen MR) is 61.6 cm³/mol. The van der Waals surface area contributed by atoms with Crippen LogP contribution in [0, 0.1) is 10.1 Å². The molecule has 6 nitrogen and oxygen atoms in total. The van der Waals surface area contributed by atoms with Crippen molar-refractivity contribution in [3.05, 3.63) is 27.8 Å². The lowest BCUT2D eigenvalue weighted by Crippen LogP contribution is -2.06. The Hall–Kier alpha value is -1.82. The van der Waals surface area contributed by atoms with E-state index in [0.29, 0.717) is 12.0 Å². The molecular formula is C11H15NO5. The van der Waals surface area contributed by atoms with Crippen LogP contribution in [0.25, 0.3) is 0 Å². The van der Waals surface area contributed by atoms with Crippen LogP contribution in [0.4, 0.5) is 5.69 Å². The van der Waals surface area contributed by atoms with Gasteiger partial charge in [-0.25, -0.2) is 0 Å². The highest BCUT2D eigenvalue weighted by Crippen LogP contribution is 2.38. The highest BCUT2D eigenvalue weighted by atomic mass is 16.6. The minimum atomic E-state index is -0.576. The monoisotopic (exact) mass is 241 g/mol. The molecule has 0 unspecified atom stereocenters. The molecule has 0 aromatic heterocycles. The fourth-order valence-corrected chi connectivity index (χ4v) is 1.59. The minimum absolute atomic E-state index is 0.0897. The molecule has 1 atom stereocenters. The first-order chi connectivity index (χ1) is 7.99. The molecule has 0 saturated heterocycles. The third-order valence-electron chi connectivity index (χ3n) is 2.25. The van der Waals surface area contributed by atoms with Gasteiger partial charge in [-0.3, -0.25) is 10.1 Å². The van der Waals surface area contributed by atoms with Crippen LogP contribution in [0.5, 0.6) is 11.5 Å². The Balaban J connectivity index is 3.29. The first-order valence-electron chi connectivity index (χ1n) is 5.07. The zero-order valence-electron chi connectivity index (χ0n) is 9.97. The first-order valence-corrected chi connectivity index (χ1v) is 5.07. The van der Waals surface area contributed by atoms with Crippen LogP contribution in [0.15, 0.2) is 12.1 Å². The van der Waals surface area contributed by atoms with Crippen LogP contribution in [0.3, 0.4) is 0 Å². The second kappa shape index (κ2) is 5.49. The maximum Gasteiger partial charge on any atom is 0.315 e. The predicted octanol–water partition coefficient (Wildman–Crippen LogP) is 1.54. The van der Waals surface area contributed by atoms with Crippen molar-refractivity contribution in [2.75, 3.05) is 14.2 Å². The van der Waals surface area contributed by atoms with Gasteiger partial charge in [-0.2, -0.15) is 0 Å². The number of aliphatic hydroxyl groups excluding tert-OH is 1. The van der Waals surface area contributed by atoms with E-state index in [9.17, 15) is 15.2 Å². The lowest BCUT2D eigenvalue weighted by Gasteiger charge is -2.11. The van der Waals surface area contributed by atoms with Crippen molar-refractivity contribution in [3.8, 4) is 11.5 Å². The highest BCUT2D eigenvalue weighted by molar-refractivity contribution is 5.58. The average molecular weight is 241 g/mol. The van der Waals surface area contributed by atoms with Gasteiger partial charge in [-0.15, -0.1) is 0 Å². The van der Waals surface area contributed by atoms with Gasteiger partial charge in [-0.05, 0) is 25.0 Å². The van der Waals surface area contributed by atoms with E-state index in [0.717, 1.165) is 0 Å². The van der Waals surface area contributed by atoms with Crippen LogP contribution >= 0.6 is 0 Å². The van der Waals surface area contributed by atoms with E-state index in [1.165, 1.54) is 20.3 Å². The van der Waals surface area contributed by atoms with Crippen LogP contribution in [0.1, 0.15) is 12.5 Å². The molecular weight excluding hydrogens is 226 g/mol. The van der Waals surface area contributed by atoms with Gasteiger partial charge < -0.3 is 14.6 Å². The number of methoxy groups -OCH3 is 2. The van der Waals surface area contributed by atoms with Gasteiger partial charge in [0.2, 0.25) is 5.75 Å². The molecule has 0 aliphatic rings. The van der Waals surface area contributed by atoms with Gasteiger partial charge in [0.1, 0.15) is 0 Å². The molecule has 0 radical (unpaired) electrons. The summed E-state index contributed by atoms with van der Waals surface area (Å²) < 4.78 is 10.00. The van der Waals surface area contributed by atoms with Crippen molar-refractivity contribution in [3.63, 3.8) is 0 Å². The van der Waals surface area contributed by atoms with Crippen LogP contribution in [-0.2, 0) is 6.42 Å². The summed E-state index contributed by atoms with van der Waals surface area (Å²) in [7, 11) is 2.76. The summed E-state index contributed by atoms with van der Waals surface area (Å²) in [4.78, 5) is 10.4. The minimum Gasteiger partial charge on any atom is -0.493 e. The summed E-state index contributed by atoms with van der Waals surface area (Å²) in [5.74, 6) is 0.379. The number of hydrogen-bond donors (Lipinski definition) is 1. The molecule has 6 heteroatoms. The molecule has 1 rings (SSSR count). The fourth-order valence-electron chi connectivity index (χ4n) is 1.59. The third-order valence-corrected chi connectivity index (χ3v) is 2.25. The number of aliphatic hydroxyl groups is 1. The van der Waals surface area contributed by atoms with Crippen molar-refractivity contribution in [2.24, 2.45) is 0 Å². The summed E-state index contributed by atoms with van der Waals surface area (Å²) in [6.45, 7) is 1.61. The fraction of sp³-hybridized carbons (Fsp3) is 0.455. The Labute approximate surface area is 98.9 Å². The van der Waals surface area contributed by atoms with E-state index in [1.807, 2.05) is 0 Å². The molecule has 17 heavy (non-hydrogen) atoms. The topological polar surface area (TPSA) is 81.8 Å². The zero-order valence-corrected chi connectivity index (χ0v) is 9.97. The standard InChI is InChI=1S/C11H15NO5/c1-7(13)4-8-5-9(12(14)15)11(17-3)10(6-8)16-2/h5-7,13H,4H2,1-3H3/t7-/m1/s1. The normalized spacial score (nSPS) is 12.0. The molecule has 0 spiro atoms. The van der Waals surface area contributed by atoms with Gasteiger partial charge in [0.25, 0.3) is 0 Å². The summed E-state index contributed by atoms with van der Waals surface area (Å²) in [5.41, 5.74) is 0.465. The lowest BCUT2D eigenvalue weighted by molar-refractivity contribution is -0.385. The zero-order chi connectivity index (χ0) is 13.0. The summed E-state index contributed by atoms with van der Waals surface area (Å²) in [5, 5.41) is 20.2. The van der Waals surface area contributed by atoms with Crippen LogP contribution < -0.4 is 9.47 Å². The van der Waals surface area contributed by atoms with E-state index < -0.39 is 11.0 Å². The van der Waals surface area contributed by atoms with E-state index in [2.05, 4.69) is 0 Å². The van der Waals surface area contributed by atoms with E-state index in [4.69, 9.17) is 9.47 Å². The maximum atomic E-state index is 10.9. The molecule has 0 aliphatic carbocycles. The smallest absolute Gasteiger partial charge is 0.315 e. The second-order valence-electron chi connectivity index (χ2n) is 3.66. The van der Waals surface area contributed by atoms with Gasteiger partial charge in [0.15, 0.2) is 5.75 Å². The number of rotatable bonds is 5. The van der Waals surface area contributed by atoms with Crippen molar-refractivity contribution in [1.82, 2.24) is 0 Å². The van der Waals surface area contributed by atoms with Gasteiger partial charge in [0.05, 0.1) is 25.2 Å². The SMILES string of the molecule is COc1cc(C[C@@H](C)O)cc([N+](=O)[O-])c1OC. The molecule has 1 aromatic carbocycles. The van der Waals surface area contributed by atoms with Crippen molar-refractivity contribution < 1.29 is 19.5 Å². The lowest BCUT2D eigenvalue weighted by atomic mass is 10.1. The maximum absolute atomic E-state index is 10.9. The molecule has 0 heterocycles. The summed E-state index contributed by atoms with van der Waals surface area (Å²) >= 11 is 0. The third kappa shape index (κ3) is 3.07. The molecule has 94 valence electrons. The molecule has 1 N–H and O–H groups in total. The molecule has 1 aromatic rings. The Morgan fingerprint density at radius 3 is 2.47 bits per heavy atom. The molecule has 0 amide bonds. The van der Waals surface area contributed by atoms with Gasteiger partial charge in [-0.1, -0.05) is 0 Å². The first kappa shape index (κ1) is 13.2.